The minimum absolute atomic E-state index is 0.283. The summed E-state index contributed by atoms with van der Waals surface area (Å²) in [7, 11) is 3.11. The molecule has 1 aliphatic carbocycles. The van der Waals surface area contributed by atoms with Crippen LogP contribution < -0.4 is 0 Å². The van der Waals surface area contributed by atoms with Crippen LogP contribution in [-0.4, -0.2) is 25.2 Å². The minimum atomic E-state index is -0.323. The van der Waals surface area contributed by atoms with Gasteiger partial charge >= 0.3 is 5.97 Å². The number of hydrogen-bond donors (Lipinski definition) is 0. The third kappa shape index (κ3) is 2.35. The number of esters is 1. The molecule has 1 aromatic heterocycles. The Balaban J connectivity index is 2.25. The Kier molecular flexibility index (Phi) is 3.79. The topological polar surface area (TPSA) is 48.4 Å². The summed E-state index contributed by atoms with van der Waals surface area (Å²) in [6, 6.07) is 0. The number of rotatable bonds is 3. The van der Waals surface area contributed by atoms with Crippen LogP contribution in [0.3, 0.4) is 0 Å². The second kappa shape index (κ2) is 5.14. The monoisotopic (exact) mass is 255 g/mol. The largest absolute Gasteiger partial charge is 0.465 e. The predicted molar refractivity (Wildman–Crippen MR) is 65.2 cm³/mol. The van der Waals surface area contributed by atoms with Crippen molar-refractivity contribution in [2.24, 2.45) is 0 Å². The van der Waals surface area contributed by atoms with Gasteiger partial charge in [0.15, 0.2) is 0 Å². The number of carbonyl (C=O) groups is 1. The summed E-state index contributed by atoms with van der Waals surface area (Å²) in [4.78, 5) is 16.3. The standard InChI is InChI=1S/C12H17NO3S/c1-15-10(14)9-8-13-11(17-9)12(16-2)6-4-3-5-7-12/h8H,3-7H2,1-2H3. The highest BCUT2D eigenvalue weighted by molar-refractivity contribution is 7.13. The Labute approximate surface area is 105 Å². The molecule has 2 rings (SSSR count). The summed E-state index contributed by atoms with van der Waals surface area (Å²) in [5, 5.41) is 0.903. The summed E-state index contributed by atoms with van der Waals surface area (Å²) in [5.74, 6) is -0.323. The molecule has 1 heterocycles. The molecule has 0 bridgehead atoms. The van der Waals surface area contributed by atoms with Gasteiger partial charge in [-0.2, -0.15) is 0 Å². The average Bonchev–Trinajstić information content (AvgIpc) is 2.88. The zero-order valence-corrected chi connectivity index (χ0v) is 11.0. The van der Waals surface area contributed by atoms with E-state index in [4.69, 9.17) is 9.47 Å². The van der Waals surface area contributed by atoms with Crippen LogP contribution >= 0.6 is 11.3 Å². The second-order valence-electron chi connectivity index (χ2n) is 4.28. The molecule has 17 heavy (non-hydrogen) atoms. The number of hydrogen-bond acceptors (Lipinski definition) is 5. The van der Waals surface area contributed by atoms with Crippen molar-refractivity contribution < 1.29 is 14.3 Å². The molecule has 94 valence electrons. The fraction of sp³-hybridized carbons (Fsp3) is 0.667. The maximum atomic E-state index is 11.4. The zero-order valence-electron chi connectivity index (χ0n) is 10.2. The second-order valence-corrected chi connectivity index (χ2v) is 5.31. The van der Waals surface area contributed by atoms with Crippen molar-refractivity contribution in [3.63, 3.8) is 0 Å². The highest BCUT2D eigenvalue weighted by Crippen LogP contribution is 2.41. The van der Waals surface area contributed by atoms with E-state index < -0.39 is 0 Å². The lowest BCUT2D eigenvalue weighted by Gasteiger charge is -2.33. The third-order valence-corrected chi connectivity index (χ3v) is 4.50. The van der Waals surface area contributed by atoms with Crippen molar-refractivity contribution in [1.29, 1.82) is 0 Å². The molecule has 0 radical (unpaired) electrons. The first-order valence-electron chi connectivity index (χ1n) is 5.81. The molecule has 0 spiro atoms. The van der Waals surface area contributed by atoms with Gasteiger partial charge in [0.05, 0.1) is 13.3 Å². The van der Waals surface area contributed by atoms with Gasteiger partial charge in [0.1, 0.15) is 15.5 Å². The van der Waals surface area contributed by atoms with Gasteiger partial charge in [-0.05, 0) is 12.8 Å². The van der Waals surface area contributed by atoms with E-state index in [1.54, 1.807) is 13.3 Å². The van der Waals surface area contributed by atoms with Gasteiger partial charge in [-0.3, -0.25) is 0 Å². The van der Waals surface area contributed by atoms with Crippen LogP contribution in [0.15, 0.2) is 6.20 Å². The Bertz CT molecular complexity index is 396. The SMILES string of the molecule is COC(=O)c1cnc(C2(OC)CCCCC2)s1. The summed E-state index contributed by atoms with van der Waals surface area (Å²) in [6.45, 7) is 0. The lowest BCUT2D eigenvalue weighted by Crippen LogP contribution is -2.30. The molecule has 4 nitrogen and oxygen atoms in total. The van der Waals surface area contributed by atoms with Crippen LogP contribution in [0.5, 0.6) is 0 Å². The molecular formula is C12H17NO3S. The third-order valence-electron chi connectivity index (χ3n) is 3.33. The number of thiazole rings is 1. The van der Waals surface area contributed by atoms with Crippen LogP contribution in [0, 0.1) is 0 Å². The van der Waals surface area contributed by atoms with E-state index in [0.717, 1.165) is 30.7 Å². The van der Waals surface area contributed by atoms with Gasteiger partial charge in [0.2, 0.25) is 0 Å². The normalized spacial score (nSPS) is 18.9. The van der Waals surface area contributed by atoms with Crippen LogP contribution in [0.1, 0.15) is 46.8 Å². The van der Waals surface area contributed by atoms with Gasteiger partial charge in [-0.25, -0.2) is 9.78 Å². The van der Waals surface area contributed by atoms with E-state index in [2.05, 4.69) is 4.98 Å². The van der Waals surface area contributed by atoms with Crippen molar-refractivity contribution >= 4 is 17.3 Å². The summed E-state index contributed by atoms with van der Waals surface area (Å²) < 4.78 is 10.4. The lowest BCUT2D eigenvalue weighted by molar-refractivity contribution is -0.0446. The van der Waals surface area contributed by atoms with Crippen LogP contribution in [-0.2, 0) is 15.1 Å². The molecule has 0 saturated heterocycles. The molecular weight excluding hydrogens is 238 g/mol. The Morgan fingerprint density at radius 2 is 2.06 bits per heavy atom. The average molecular weight is 255 g/mol. The number of aromatic nitrogens is 1. The molecule has 0 unspecified atom stereocenters. The Hall–Kier alpha value is -0.940. The highest BCUT2D eigenvalue weighted by atomic mass is 32.1. The first-order chi connectivity index (χ1) is 8.22. The zero-order chi connectivity index (χ0) is 12.3. The molecule has 1 saturated carbocycles. The van der Waals surface area contributed by atoms with Crippen molar-refractivity contribution in [2.45, 2.75) is 37.7 Å². The quantitative estimate of drug-likeness (QED) is 0.779. The maximum Gasteiger partial charge on any atom is 0.349 e. The maximum absolute atomic E-state index is 11.4. The molecule has 1 aromatic rings. The van der Waals surface area contributed by atoms with E-state index in [9.17, 15) is 4.79 Å². The van der Waals surface area contributed by atoms with E-state index >= 15 is 0 Å². The fourth-order valence-electron chi connectivity index (χ4n) is 2.31. The first kappa shape index (κ1) is 12.5. The van der Waals surface area contributed by atoms with Crippen LogP contribution in [0.25, 0.3) is 0 Å². The summed E-state index contributed by atoms with van der Waals surface area (Å²) in [6.07, 6.45) is 7.11. The number of nitrogens with zero attached hydrogens (tertiary/aromatic N) is 1. The molecule has 0 aliphatic heterocycles. The van der Waals surface area contributed by atoms with E-state index in [1.165, 1.54) is 24.9 Å². The Morgan fingerprint density at radius 3 is 2.65 bits per heavy atom. The van der Waals surface area contributed by atoms with Crippen molar-refractivity contribution in [3.05, 3.63) is 16.1 Å². The first-order valence-corrected chi connectivity index (χ1v) is 6.63. The van der Waals surface area contributed by atoms with Gasteiger partial charge < -0.3 is 9.47 Å². The number of carbonyl (C=O) groups excluding carboxylic acids is 1. The predicted octanol–water partition coefficient (Wildman–Crippen LogP) is 2.74. The van der Waals surface area contributed by atoms with E-state index in [-0.39, 0.29) is 11.6 Å². The van der Waals surface area contributed by atoms with E-state index in [0.29, 0.717) is 4.88 Å². The van der Waals surface area contributed by atoms with Crippen molar-refractivity contribution in [3.8, 4) is 0 Å². The van der Waals surface area contributed by atoms with E-state index in [1.807, 2.05) is 0 Å². The van der Waals surface area contributed by atoms with Gasteiger partial charge in [-0.15, -0.1) is 11.3 Å². The summed E-state index contributed by atoms with van der Waals surface area (Å²) in [5.41, 5.74) is -0.283. The fourth-order valence-corrected chi connectivity index (χ4v) is 3.37. The molecule has 1 aliphatic rings. The molecule has 0 N–H and O–H groups in total. The van der Waals surface area contributed by atoms with Gasteiger partial charge in [0.25, 0.3) is 0 Å². The molecule has 5 heteroatoms. The molecule has 0 aromatic carbocycles. The highest BCUT2D eigenvalue weighted by Gasteiger charge is 2.37. The lowest BCUT2D eigenvalue weighted by atomic mass is 9.85. The van der Waals surface area contributed by atoms with Crippen LogP contribution in [0.2, 0.25) is 0 Å². The van der Waals surface area contributed by atoms with Crippen LogP contribution in [0.4, 0.5) is 0 Å². The number of ether oxygens (including phenoxy) is 2. The molecule has 0 amide bonds. The molecule has 1 fully saturated rings. The number of methoxy groups -OCH3 is 2. The smallest absolute Gasteiger partial charge is 0.349 e. The van der Waals surface area contributed by atoms with Crippen molar-refractivity contribution in [1.82, 2.24) is 4.98 Å². The minimum Gasteiger partial charge on any atom is -0.465 e. The Morgan fingerprint density at radius 1 is 1.35 bits per heavy atom. The van der Waals surface area contributed by atoms with Crippen molar-refractivity contribution in [2.75, 3.05) is 14.2 Å². The summed E-state index contributed by atoms with van der Waals surface area (Å²) >= 11 is 1.38. The van der Waals surface area contributed by atoms with Gasteiger partial charge in [0, 0.05) is 7.11 Å². The molecule has 0 atom stereocenters. The van der Waals surface area contributed by atoms with Gasteiger partial charge in [-0.1, -0.05) is 19.3 Å².